The van der Waals surface area contributed by atoms with Crippen LogP contribution in [-0.2, 0) is 38.4 Å². The van der Waals surface area contributed by atoms with Crippen LogP contribution in [0.5, 0.6) is 11.5 Å². The number of oxime groups is 1. The third-order valence-corrected chi connectivity index (χ3v) is 9.06. The zero-order valence-electron chi connectivity index (χ0n) is 25.4. The molecule has 1 aromatic heterocycles. The standard InChI is InChI=1S/C28H26N6O14S/c1-26(2)8-27(9-26,23(42)43)48-32-17(13-7-49-25(29)31-13)18(37)30-12-6-46-34(21(12)40)28(24(44)45)5-14(22(41)47-28)33-19(38)10-3-15(35)16(36)4-11(10)20(33)39/h3-4,7,12,14,35-36H,5-6,8-9H2,1-2H3,(H2,29,31)(H,30,37)(H,42,43)(H,44,45)/b32-17-/t12-,14-,28?/m0/s1. The number of carboxylic acids is 2. The summed E-state index contributed by atoms with van der Waals surface area (Å²) in [5.41, 5.74) is -0.779. The third kappa shape index (κ3) is 5.22. The molecule has 3 atom stereocenters. The largest absolute Gasteiger partial charge is 0.504 e. The minimum atomic E-state index is -2.91. The van der Waals surface area contributed by atoms with Crippen molar-refractivity contribution in [1.29, 1.82) is 0 Å². The van der Waals surface area contributed by atoms with Crippen LogP contribution in [0.2, 0.25) is 0 Å². The molecule has 4 heterocycles. The molecule has 1 unspecified atom stereocenters. The fourth-order valence-corrected chi connectivity index (χ4v) is 6.79. The Hall–Kier alpha value is -5.83. The molecule has 49 heavy (non-hydrogen) atoms. The van der Waals surface area contributed by atoms with Crippen molar-refractivity contribution in [3.05, 3.63) is 34.3 Å². The van der Waals surface area contributed by atoms with Crippen molar-refractivity contribution >= 4 is 63.7 Å². The molecule has 3 fully saturated rings. The monoisotopic (exact) mass is 702 g/mol. The van der Waals surface area contributed by atoms with Crippen LogP contribution in [0.15, 0.2) is 22.7 Å². The number of anilines is 1. The molecule has 1 aromatic carbocycles. The lowest BCUT2D eigenvalue weighted by atomic mass is 9.61. The second-order valence-electron chi connectivity index (χ2n) is 12.5. The quantitative estimate of drug-likeness (QED) is 0.0610. The summed E-state index contributed by atoms with van der Waals surface area (Å²) in [7, 11) is 0. The summed E-state index contributed by atoms with van der Waals surface area (Å²) < 4.78 is 5.10. The summed E-state index contributed by atoms with van der Waals surface area (Å²) in [6, 6.07) is -1.91. The zero-order chi connectivity index (χ0) is 35.8. The van der Waals surface area contributed by atoms with Crippen molar-refractivity contribution in [1.82, 2.24) is 20.3 Å². The van der Waals surface area contributed by atoms with Crippen LogP contribution in [0.4, 0.5) is 5.13 Å². The van der Waals surface area contributed by atoms with Crippen LogP contribution in [0.1, 0.15) is 59.5 Å². The first-order valence-electron chi connectivity index (χ1n) is 14.3. The smallest absolute Gasteiger partial charge is 0.372 e. The molecule has 21 heteroatoms. The number of carbonyl (C=O) groups excluding carboxylic acids is 5. The Labute approximate surface area is 277 Å². The number of benzene rings is 1. The van der Waals surface area contributed by atoms with Gasteiger partial charge in [0.2, 0.25) is 5.60 Å². The third-order valence-electron chi connectivity index (χ3n) is 8.38. The van der Waals surface area contributed by atoms with E-state index in [1.807, 2.05) is 13.8 Å². The number of esters is 1. The Kier molecular flexibility index (Phi) is 7.51. The van der Waals surface area contributed by atoms with Gasteiger partial charge in [-0.1, -0.05) is 19.0 Å². The summed E-state index contributed by atoms with van der Waals surface area (Å²) in [5.74, 6) is -10.6. The summed E-state index contributed by atoms with van der Waals surface area (Å²) in [6.07, 6.45) is -0.859. The molecule has 20 nitrogen and oxygen atoms in total. The van der Waals surface area contributed by atoms with Crippen molar-refractivity contribution in [3.8, 4) is 11.5 Å². The maximum atomic E-state index is 13.5. The Balaban J connectivity index is 1.22. The number of aromatic nitrogens is 1. The fraction of sp³-hybridized carbons (Fsp3) is 0.393. The molecular formula is C28H26N6O14S. The van der Waals surface area contributed by atoms with Crippen molar-refractivity contribution < 1.29 is 68.4 Å². The highest BCUT2D eigenvalue weighted by molar-refractivity contribution is 7.13. The van der Waals surface area contributed by atoms with E-state index in [1.165, 1.54) is 5.38 Å². The maximum Gasteiger partial charge on any atom is 0.372 e. The number of rotatable bonds is 9. The molecule has 3 aliphatic heterocycles. The lowest BCUT2D eigenvalue weighted by molar-refractivity contribution is -0.256. The Morgan fingerprint density at radius 1 is 1.06 bits per heavy atom. The Morgan fingerprint density at radius 3 is 2.18 bits per heavy atom. The van der Waals surface area contributed by atoms with E-state index in [-0.39, 0.29) is 45.3 Å². The van der Waals surface area contributed by atoms with E-state index < -0.39 is 95.2 Å². The predicted octanol–water partition coefficient (Wildman–Crippen LogP) is -0.848. The molecule has 2 saturated heterocycles. The minimum Gasteiger partial charge on any atom is -0.504 e. The molecule has 0 radical (unpaired) electrons. The van der Waals surface area contributed by atoms with Gasteiger partial charge in [-0.15, -0.1) is 11.3 Å². The number of hydrogen-bond acceptors (Lipinski definition) is 16. The van der Waals surface area contributed by atoms with Crippen LogP contribution in [-0.4, -0.2) is 113 Å². The number of nitrogen functional groups attached to an aromatic ring is 1. The van der Waals surface area contributed by atoms with E-state index in [0.29, 0.717) is 4.90 Å². The number of nitrogens with zero attached hydrogens (tertiary/aromatic N) is 4. The number of hydrogen-bond donors (Lipinski definition) is 6. The molecule has 6 rings (SSSR count). The molecule has 7 N–H and O–H groups in total. The molecule has 0 spiro atoms. The number of ether oxygens (including phenoxy) is 1. The average molecular weight is 703 g/mol. The molecule has 1 aliphatic carbocycles. The van der Waals surface area contributed by atoms with Crippen LogP contribution >= 0.6 is 11.3 Å². The van der Waals surface area contributed by atoms with E-state index in [4.69, 9.17) is 20.1 Å². The van der Waals surface area contributed by atoms with Gasteiger partial charge in [0, 0.05) is 18.2 Å². The number of phenols is 2. The number of phenolic OH excluding ortho intramolecular Hbond substituents is 2. The minimum absolute atomic E-state index is 0.0207. The first-order valence-corrected chi connectivity index (χ1v) is 15.2. The molecule has 4 amide bonds. The summed E-state index contributed by atoms with van der Waals surface area (Å²) in [6.45, 7) is 2.95. The van der Waals surface area contributed by atoms with E-state index in [2.05, 4.69) is 15.5 Å². The van der Waals surface area contributed by atoms with Gasteiger partial charge in [0.15, 0.2) is 22.3 Å². The number of amides is 4. The van der Waals surface area contributed by atoms with Gasteiger partial charge >= 0.3 is 23.6 Å². The summed E-state index contributed by atoms with van der Waals surface area (Å²) in [5, 5.41) is 47.1. The molecule has 258 valence electrons. The van der Waals surface area contributed by atoms with Crippen molar-refractivity contribution in [2.24, 2.45) is 10.6 Å². The average Bonchev–Trinajstić information content (AvgIpc) is 3.74. The number of carbonyl (C=O) groups is 7. The van der Waals surface area contributed by atoms with Crippen LogP contribution in [0, 0.1) is 5.41 Å². The van der Waals surface area contributed by atoms with Gasteiger partial charge in [-0.25, -0.2) is 19.4 Å². The van der Waals surface area contributed by atoms with Gasteiger partial charge in [0.05, 0.1) is 17.5 Å². The lowest BCUT2D eigenvalue weighted by Crippen LogP contribution is -2.57. The number of aromatic hydroxyl groups is 2. The van der Waals surface area contributed by atoms with E-state index in [9.17, 15) is 54.0 Å². The number of aliphatic carboxylic acids is 2. The highest BCUT2D eigenvalue weighted by Gasteiger charge is 2.65. The zero-order valence-corrected chi connectivity index (χ0v) is 26.2. The van der Waals surface area contributed by atoms with Gasteiger partial charge in [-0.3, -0.25) is 28.9 Å². The normalized spacial score (nSPS) is 25.6. The number of hydroxylamine groups is 2. The fourth-order valence-electron chi connectivity index (χ4n) is 6.25. The van der Waals surface area contributed by atoms with Crippen LogP contribution in [0.25, 0.3) is 0 Å². The Morgan fingerprint density at radius 2 is 1.67 bits per heavy atom. The number of carboxylic acid groups (broad SMARTS) is 2. The number of thiazole rings is 1. The van der Waals surface area contributed by atoms with Gasteiger partial charge in [-0.05, 0) is 17.5 Å². The number of fused-ring (bicyclic) bond motifs is 1. The second kappa shape index (κ2) is 11.1. The first kappa shape index (κ1) is 33.1. The van der Waals surface area contributed by atoms with Crippen molar-refractivity contribution in [2.45, 2.75) is 56.5 Å². The van der Waals surface area contributed by atoms with Gasteiger partial charge in [0.25, 0.3) is 23.6 Å². The van der Waals surface area contributed by atoms with E-state index in [0.717, 1.165) is 23.5 Å². The topological polar surface area (TPSA) is 298 Å². The Bertz CT molecular complexity index is 1860. The number of cyclic esters (lactones) is 1. The molecule has 0 bridgehead atoms. The van der Waals surface area contributed by atoms with Crippen LogP contribution < -0.4 is 11.1 Å². The SMILES string of the molecule is CC1(C)CC(O/N=C(\C(=O)N[C@H]2CON(C3(C(=O)O)C[C@H](N4C(=O)c5cc(O)c(O)cc5C4=O)C(=O)O3)C2=O)c2csc(N)n2)(C(=O)O)C1. The highest BCUT2D eigenvalue weighted by Crippen LogP contribution is 2.50. The van der Waals surface area contributed by atoms with E-state index in [1.54, 1.807) is 0 Å². The predicted molar refractivity (Wildman–Crippen MR) is 157 cm³/mol. The van der Waals surface area contributed by atoms with Gasteiger partial charge in [0.1, 0.15) is 24.4 Å². The molecular weight excluding hydrogens is 676 g/mol. The van der Waals surface area contributed by atoms with Crippen molar-refractivity contribution in [2.75, 3.05) is 12.3 Å². The summed E-state index contributed by atoms with van der Waals surface area (Å²) in [4.78, 5) is 106. The molecule has 1 saturated carbocycles. The van der Waals surface area contributed by atoms with Gasteiger partial charge in [-0.2, -0.15) is 5.06 Å². The molecule has 2 aromatic rings. The number of nitrogens with two attached hydrogens (primary N) is 1. The number of imide groups is 1. The first-order chi connectivity index (χ1) is 22.9. The van der Waals surface area contributed by atoms with E-state index >= 15 is 0 Å². The lowest BCUT2D eigenvalue weighted by Gasteiger charge is -2.47. The van der Waals surface area contributed by atoms with Gasteiger partial charge < -0.3 is 41.1 Å². The summed E-state index contributed by atoms with van der Waals surface area (Å²) >= 11 is 0.925. The molecule has 4 aliphatic rings. The second-order valence-corrected chi connectivity index (χ2v) is 13.4. The van der Waals surface area contributed by atoms with Crippen LogP contribution in [0.3, 0.4) is 0 Å². The van der Waals surface area contributed by atoms with Crippen molar-refractivity contribution in [3.63, 3.8) is 0 Å². The number of nitrogens with one attached hydrogen (secondary N) is 1. The highest BCUT2D eigenvalue weighted by atomic mass is 32.1. The maximum absolute atomic E-state index is 13.5.